The van der Waals surface area contributed by atoms with Gasteiger partial charge < -0.3 is 25.4 Å². The summed E-state index contributed by atoms with van der Waals surface area (Å²) in [4.78, 5) is 26.4. The second-order valence-corrected chi connectivity index (χ2v) is 8.76. The zero-order chi connectivity index (χ0) is 25.4. The van der Waals surface area contributed by atoms with E-state index in [-0.39, 0.29) is 22.2 Å². The molecular formula is C22H28F3N5O4S. The minimum Gasteiger partial charge on any atom is -0.494 e. The van der Waals surface area contributed by atoms with Crippen LogP contribution < -0.4 is 25.8 Å². The molecule has 1 aromatic carbocycles. The van der Waals surface area contributed by atoms with Crippen LogP contribution in [0.1, 0.15) is 41.6 Å². The van der Waals surface area contributed by atoms with E-state index in [1.54, 1.807) is 0 Å². The quantitative estimate of drug-likeness (QED) is 0.395. The number of benzene rings is 1. The van der Waals surface area contributed by atoms with Gasteiger partial charge in [0.05, 0.1) is 12.7 Å². The van der Waals surface area contributed by atoms with Gasteiger partial charge >= 0.3 is 6.03 Å². The number of unbranched alkanes of at least 4 members (excludes halogenated alkanes) is 1. The largest absolute Gasteiger partial charge is 0.494 e. The first kappa shape index (κ1) is 26.5. The number of carbonyl (C=O) groups is 2. The van der Waals surface area contributed by atoms with E-state index in [1.165, 1.54) is 7.11 Å². The lowest BCUT2D eigenvalue weighted by atomic mass is 10.1. The van der Waals surface area contributed by atoms with Crippen molar-refractivity contribution in [2.75, 3.05) is 38.6 Å². The van der Waals surface area contributed by atoms with Gasteiger partial charge in [0.1, 0.15) is 29.2 Å². The molecule has 35 heavy (non-hydrogen) atoms. The summed E-state index contributed by atoms with van der Waals surface area (Å²) in [6.07, 6.45) is 1.99. The van der Waals surface area contributed by atoms with Gasteiger partial charge in [-0.05, 0) is 55.9 Å². The summed E-state index contributed by atoms with van der Waals surface area (Å²) >= 11 is 0.749. The number of aromatic nitrogens is 1. The predicted octanol–water partition coefficient (Wildman–Crippen LogP) is 3.44. The van der Waals surface area contributed by atoms with Gasteiger partial charge in [0.25, 0.3) is 5.91 Å². The average Bonchev–Trinajstić information content (AvgIpc) is 3.22. The molecule has 0 saturated carbocycles. The number of piperidine rings is 1. The molecule has 0 unspecified atom stereocenters. The molecule has 0 atom stereocenters. The number of anilines is 1. The smallest absolute Gasteiger partial charge is 0.319 e. The van der Waals surface area contributed by atoms with Crippen LogP contribution >= 0.6 is 11.5 Å². The molecule has 192 valence electrons. The van der Waals surface area contributed by atoms with E-state index in [4.69, 9.17) is 15.2 Å². The Morgan fingerprint density at radius 1 is 1.26 bits per heavy atom. The average molecular weight is 516 g/mol. The van der Waals surface area contributed by atoms with Crippen LogP contribution in [-0.2, 0) is 6.61 Å². The van der Waals surface area contributed by atoms with Gasteiger partial charge in [0.2, 0.25) is 5.88 Å². The van der Waals surface area contributed by atoms with Crippen molar-refractivity contribution in [3.05, 3.63) is 34.9 Å². The number of urea groups is 1. The molecule has 13 heteroatoms. The Balaban J connectivity index is 1.50. The molecule has 0 bridgehead atoms. The van der Waals surface area contributed by atoms with Gasteiger partial charge in [-0.25, -0.2) is 18.0 Å². The number of methoxy groups -OCH3 is 1. The normalized spacial score (nSPS) is 14.5. The summed E-state index contributed by atoms with van der Waals surface area (Å²) in [5, 5.41) is 5.23. The number of ether oxygens (including phenoxy) is 2. The number of primary amides is 1. The SMILES string of the molecule is COc1ccc(F)c(COc2nsc(NC(=O)NCCCCN3CCC(F)CC3)c2C(N)=O)c1F. The highest BCUT2D eigenvalue weighted by Crippen LogP contribution is 2.32. The molecule has 2 aromatic rings. The van der Waals surface area contributed by atoms with E-state index in [2.05, 4.69) is 19.9 Å². The molecule has 0 radical (unpaired) electrons. The highest BCUT2D eigenvalue weighted by atomic mass is 32.1. The predicted molar refractivity (Wildman–Crippen MR) is 125 cm³/mol. The van der Waals surface area contributed by atoms with Gasteiger partial charge in [-0.15, -0.1) is 0 Å². The zero-order valence-electron chi connectivity index (χ0n) is 19.2. The molecule has 0 aliphatic carbocycles. The molecular weight excluding hydrogens is 487 g/mol. The van der Waals surface area contributed by atoms with Crippen molar-refractivity contribution in [1.29, 1.82) is 0 Å². The van der Waals surface area contributed by atoms with E-state index in [0.29, 0.717) is 19.4 Å². The van der Waals surface area contributed by atoms with Crippen LogP contribution in [0.2, 0.25) is 0 Å². The van der Waals surface area contributed by atoms with Crippen LogP contribution in [0.15, 0.2) is 12.1 Å². The Hall–Kier alpha value is -3.06. The number of likely N-dealkylation sites (tertiary alicyclic amines) is 1. The summed E-state index contributed by atoms with van der Waals surface area (Å²) < 4.78 is 55.7. The van der Waals surface area contributed by atoms with E-state index >= 15 is 0 Å². The lowest BCUT2D eigenvalue weighted by Crippen LogP contribution is -2.35. The van der Waals surface area contributed by atoms with Crippen LogP contribution in [0, 0.1) is 11.6 Å². The number of nitrogens with zero attached hydrogens (tertiary/aromatic N) is 2. The third-order valence-electron chi connectivity index (χ3n) is 5.56. The number of rotatable bonds is 11. The monoisotopic (exact) mass is 515 g/mol. The number of hydrogen-bond donors (Lipinski definition) is 3. The van der Waals surface area contributed by atoms with Crippen molar-refractivity contribution in [3.63, 3.8) is 0 Å². The minimum atomic E-state index is -0.937. The number of carbonyl (C=O) groups excluding carboxylic acids is 2. The Kier molecular flexibility index (Phi) is 9.55. The van der Waals surface area contributed by atoms with E-state index < -0.39 is 41.9 Å². The van der Waals surface area contributed by atoms with E-state index in [9.17, 15) is 22.8 Å². The number of alkyl halides is 1. The lowest BCUT2D eigenvalue weighted by molar-refractivity contribution is 0.0996. The molecule has 9 nitrogen and oxygen atoms in total. The third kappa shape index (κ3) is 7.21. The number of hydrogen-bond acceptors (Lipinski definition) is 7. The van der Waals surface area contributed by atoms with Gasteiger partial charge in [0, 0.05) is 19.6 Å². The van der Waals surface area contributed by atoms with Crippen molar-refractivity contribution in [2.45, 2.75) is 38.5 Å². The van der Waals surface area contributed by atoms with Crippen LogP contribution in [0.3, 0.4) is 0 Å². The first-order chi connectivity index (χ1) is 16.8. The molecule has 1 fully saturated rings. The Bertz CT molecular complexity index is 1030. The maximum absolute atomic E-state index is 14.3. The third-order valence-corrected chi connectivity index (χ3v) is 6.31. The molecule has 0 spiro atoms. The Labute approximate surface area is 204 Å². The molecule has 1 aliphatic rings. The molecule has 4 N–H and O–H groups in total. The van der Waals surface area contributed by atoms with Crippen molar-refractivity contribution in [1.82, 2.24) is 14.6 Å². The molecule has 1 aliphatic heterocycles. The number of nitrogens with one attached hydrogen (secondary N) is 2. The van der Waals surface area contributed by atoms with Gasteiger partial charge in [-0.3, -0.25) is 10.1 Å². The van der Waals surface area contributed by atoms with Crippen molar-refractivity contribution in [3.8, 4) is 11.6 Å². The fraction of sp³-hybridized carbons (Fsp3) is 0.500. The van der Waals surface area contributed by atoms with Crippen molar-refractivity contribution < 1.29 is 32.2 Å². The second kappa shape index (κ2) is 12.6. The highest BCUT2D eigenvalue weighted by Gasteiger charge is 2.23. The van der Waals surface area contributed by atoms with Crippen LogP contribution in [-0.4, -0.2) is 60.7 Å². The topological polar surface area (TPSA) is 119 Å². The number of halogens is 3. The lowest BCUT2D eigenvalue weighted by Gasteiger charge is -2.28. The first-order valence-electron chi connectivity index (χ1n) is 11.1. The summed E-state index contributed by atoms with van der Waals surface area (Å²) in [6.45, 7) is 2.16. The Morgan fingerprint density at radius 2 is 2.00 bits per heavy atom. The van der Waals surface area contributed by atoms with Crippen molar-refractivity contribution >= 4 is 28.5 Å². The summed E-state index contributed by atoms with van der Waals surface area (Å²) in [6, 6.07) is 1.60. The Morgan fingerprint density at radius 3 is 2.69 bits per heavy atom. The maximum atomic E-state index is 14.3. The van der Waals surface area contributed by atoms with Crippen molar-refractivity contribution in [2.24, 2.45) is 5.73 Å². The molecule has 1 aromatic heterocycles. The second-order valence-electron chi connectivity index (χ2n) is 7.99. The molecule has 3 amide bonds. The van der Waals surface area contributed by atoms with Gasteiger partial charge in [0.15, 0.2) is 11.6 Å². The standard InChI is InChI=1S/C22H28F3N5O4S/c1-33-16-5-4-15(24)14(18(16)25)12-34-20-17(19(26)31)21(35-29-20)28-22(32)27-8-2-3-9-30-10-6-13(23)7-11-30/h4-5,13H,2-3,6-12H2,1H3,(H2,26,31)(H2,27,28,32). The fourth-order valence-corrected chi connectivity index (χ4v) is 4.35. The zero-order valence-corrected chi connectivity index (χ0v) is 20.1. The summed E-state index contributed by atoms with van der Waals surface area (Å²) in [5.74, 6) is -3.14. The van der Waals surface area contributed by atoms with E-state index in [1.807, 2.05) is 0 Å². The first-order valence-corrected chi connectivity index (χ1v) is 11.9. The summed E-state index contributed by atoms with van der Waals surface area (Å²) in [5.41, 5.74) is 4.80. The molecule has 2 heterocycles. The highest BCUT2D eigenvalue weighted by molar-refractivity contribution is 7.11. The molecule has 1 saturated heterocycles. The van der Waals surface area contributed by atoms with E-state index in [0.717, 1.165) is 56.1 Å². The number of amides is 3. The number of nitrogens with two attached hydrogens (primary N) is 1. The van der Waals surface area contributed by atoms with Crippen LogP contribution in [0.25, 0.3) is 0 Å². The fourth-order valence-electron chi connectivity index (χ4n) is 3.62. The van der Waals surface area contributed by atoms with Crippen LogP contribution in [0.4, 0.5) is 23.0 Å². The van der Waals surface area contributed by atoms with Crippen LogP contribution in [0.5, 0.6) is 11.6 Å². The van der Waals surface area contributed by atoms with Gasteiger partial charge in [-0.1, -0.05) is 0 Å². The minimum absolute atomic E-state index is 0.0469. The summed E-state index contributed by atoms with van der Waals surface area (Å²) in [7, 11) is 1.24. The molecule has 3 rings (SSSR count). The maximum Gasteiger partial charge on any atom is 0.319 e. The van der Waals surface area contributed by atoms with Gasteiger partial charge in [-0.2, -0.15) is 4.37 Å².